The minimum atomic E-state index is 0.187. The van der Waals surface area contributed by atoms with E-state index in [0.717, 1.165) is 10.2 Å². The first kappa shape index (κ1) is 15.1. The first-order valence-electron chi connectivity index (χ1n) is 5.04. The third-order valence-electron chi connectivity index (χ3n) is 1.97. The highest BCUT2D eigenvalue weighted by atomic mass is 127. The van der Waals surface area contributed by atoms with Crippen molar-refractivity contribution in [2.75, 3.05) is 19.0 Å². The quantitative estimate of drug-likeness (QED) is 0.569. The molecule has 1 aromatic carbocycles. The maximum Gasteiger partial charge on any atom is 0.171 e. The molecule has 2 N–H and O–H groups in total. The molecule has 0 aromatic heterocycles. The number of ether oxygens (including phenoxy) is 1. The fourth-order valence-corrected chi connectivity index (χ4v) is 2.29. The number of methoxy groups -OCH3 is 1. The van der Waals surface area contributed by atoms with Gasteiger partial charge in [-0.15, -0.1) is 0 Å². The summed E-state index contributed by atoms with van der Waals surface area (Å²) >= 11 is 11.0. The largest absolute Gasteiger partial charge is 0.383 e. The molecule has 0 aliphatic rings. The predicted molar refractivity (Wildman–Crippen MR) is 87.6 cm³/mol. The minimum absolute atomic E-state index is 0.187. The van der Waals surface area contributed by atoms with Gasteiger partial charge < -0.3 is 15.4 Å². The van der Waals surface area contributed by atoms with Gasteiger partial charge in [0.05, 0.1) is 6.61 Å². The Morgan fingerprint density at radius 3 is 2.88 bits per heavy atom. The average molecular weight is 429 g/mol. The smallest absolute Gasteiger partial charge is 0.171 e. The molecule has 0 aliphatic heterocycles. The maximum atomic E-state index is 5.21. The summed E-state index contributed by atoms with van der Waals surface area (Å²) in [5.74, 6) is 0. The van der Waals surface area contributed by atoms with E-state index in [1.165, 1.54) is 3.57 Å². The Labute approximate surface area is 129 Å². The first-order valence-corrected chi connectivity index (χ1v) is 7.32. The number of rotatable bonds is 4. The van der Waals surface area contributed by atoms with Crippen LogP contribution < -0.4 is 10.6 Å². The van der Waals surface area contributed by atoms with Gasteiger partial charge in [0.2, 0.25) is 0 Å². The van der Waals surface area contributed by atoms with Crippen molar-refractivity contribution in [1.82, 2.24) is 5.32 Å². The van der Waals surface area contributed by atoms with Gasteiger partial charge in [-0.25, -0.2) is 0 Å². The number of anilines is 1. The molecule has 0 bridgehead atoms. The fourth-order valence-electron chi connectivity index (χ4n) is 1.26. The Morgan fingerprint density at radius 1 is 1.59 bits per heavy atom. The summed E-state index contributed by atoms with van der Waals surface area (Å²) in [6.07, 6.45) is 0. The summed E-state index contributed by atoms with van der Waals surface area (Å²) in [4.78, 5) is 0. The molecule has 0 saturated heterocycles. The molecule has 0 saturated carbocycles. The summed E-state index contributed by atoms with van der Waals surface area (Å²) in [5, 5.41) is 6.87. The molecule has 0 fully saturated rings. The highest BCUT2D eigenvalue weighted by molar-refractivity contribution is 14.1. The summed E-state index contributed by atoms with van der Waals surface area (Å²) < 4.78 is 7.25. The topological polar surface area (TPSA) is 33.3 Å². The lowest BCUT2D eigenvalue weighted by Crippen LogP contribution is -2.38. The van der Waals surface area contributed by atoms with Crippen LogP contribution in [0.15, 0.2) is 22.7 Å². The van der Waals surface area contributed by atoms with Crippen molar-refractivity contribution in [1.29, 1.82) is 0 Å². The van der Waals surface area contributed by atoms with Crippen LogP contribution in [0.2, 0.25) is 0 Å². The molecule has 94 valence electrons. The predicted octanol–water partition coefficient (Wildman–Crippen LogP) is 3.38. The van der Waals surface area contributed by atoms with Gasteiger partial charge in [-0.2, -0.15) is 0 Å². The molecule has 0 spiro atoms. The van der Waals surface area contributed by atoms with Gasteiger partial charge in [-0.3, -0.25) is 0 Å². The van der Waals surface area contributed by atoms with Crippen molar-refractivity contribution in [2.45, 2.75) is 13.0 Å². The van der Waals surface area contributed by atoms with Crippen molar-refractivity contribution in [3.8, 4) is 0 Å². The Kier molecular flexibility index (Phi) is 6.68. The van der Waals surface area contributed by atoms with Gasteiger partial charge in [-0.05, 0) is 75.9 Å². The molecular formula is C11H14BrIN2OS. The van der Waals surface area contributed by atoms with Gasteiger partial charge in [0.15, 0.2) is 5.11 Å². The zero-order valence-electron chi connectivity index (χ0n) is 9.59. The van der Waals surface area contributed by atoms with Crippen molar-refractivity contribution < 1.29 is 4.74 Å². The van der Waals surface area contributed by atoms with Crippen molar-refractivity contribution >= 4 is 61.5 Å². The Balaban J connectivity index is 2.53. The van der Waals surface area contributed by atoms with E-state index in [1.54, 1.807) is 7.11 Å². The highest BCUT2D eigenvalue weighted by Crippen LogP contribution is 2.22. The van der Waals surface area contributed by atoms with Crippen molar-refractivity contribution in [2.24, 2.45) is 0 Å². The fraction of sp³-hybridized carbons (Fsp3) is 0.364. The maximum absolute atomic E-state index is 5.21. The lowest BCUT2D eigenvalue weighted by Gasteiger charge is -2.16. The second kappa shape index (κ2) is 7.50. The molecule has 1 rings (SSSR count). The normalized spacial score (nSPS) is 12.0. The van der Waals surface area contributed by atoms with E-state index in [-0.39, 0.29) is 6.04 Å². The third-order valence-corrected chi connectivity index (χ3v) is 4.53. The van der Waals surface area contributed by atoms with Gasteiger partial charge in [0, 0.05) is 26.9 Å². The van der Waals surface area contributed by atoms with Crippen LogP contribution in [-0.4, -0.2) is 24.9 Å². The first-order chi connectivity index (χ1) is 8.02. The van der Waals surface area contributed by atoms with E-state index in [1.807, 2.05) is 25.1 Å². The molecule has 1 aromatic rings. The van der Waals surface area contributed by atoms with E-state index in [0.29, 0.717) is 11.7 Å². The average Bonchev–Trinajstić information content (AvgIpc) is 2.23. The molecule has 0 aliphatic carbocycles. The third kappa shape index (κ3) is 5.50. The molecule has 1 atom stereocenters. The highest BCUT2D eigenvalue weighted by Gasteiger charge is 2.04. The molecule has 6 heteroatoms. The molecule has 3 nitrogen and oxygen atoms in total. The summed E-state index contributed by atoms with van der Waals surface area (Å²) in [6.45, 7) is 2.64. The summed E-state index contributed by atoms with van der Waals surface area (Å²) in [7, 11) is 1.67. The second-order valence-corrected chi connectivity index (χ2v) is 6.01. The lowest BCUT2D eigenvalue weighted by molar-refractivity contribution is 0.179. The van der Waals surface area contributed by atoms with Gasteiger partial charge in [0.25, 0.3) is 0 Å². The minimum Gasteiger partial charge on any atom is -0.383 e. The molecule has 1 unspecified atom stereocenters. The Bertz CT molecular complexity index is 403. The van der Waals surface area contributed by atoms with E-state index in [4.69, 9.17) is 17.0 Å². The zero-order chi connectivity index (χ0) is 12.8. The molecule has 0 radical (unpaired) electrons. The van der Waals surface area contributed by atoms with Gasteiger partial charge >= 0.3 is 0 Å². The number of hydrogen-bond acceptors (Lipinski definition) is 2. The molecular weight excluding hydrogens is 415 g/mol. The van der Waals surface area contributed by atoms with Crippen molar-refractivity contribution in [3.63, 3.8) is 0 Å². The summed E-state index contributed by atoms with van der Waals surface area (Å²) in [5.41, 5.74) is 0.958. The van der Waals surface area contributed by atoms with E-state index >= 15 is 0 Å². The van der Waals surface area contributed by atoms with Crippen LogP contribution >= 0.6 is 50.7 Å². The number of hydrogen-bond donors (Lipinski definition) is 2. The van der Waals surface area contributed by atoms with E-state index in [9.17, 15) is 0 Å². The van der Waals surface area contributed by atoms with Crippen LogP contribution in [0.25, 0.3) is 0 Å². The zero-order valence-corrected chi connectivity index (χ0v) is 14.1. The standard InChI is InChI=1S/C11H14BrIN2OS/c1-7(6-16-2)14-11(17)15-8-3-4-10(13)9(12)5-8/h3-5,7H,6H2,1-2H3,(H2,14,15,17). The second-order valence-electron chi connectivity index (χ2n) is 3.58. The number of benzene rings is 1. The molecule has 0 amide bonds. The molecule has 0 heterocycles. The van der Waals surface area contributed by atoms with Crippen molar-refractivity contribution in [3.05, 3.63) is 26.2 Å². The van der Waals surface area contributed by atoms with Crippen LogP contribution in [0, 0.1) is 3.57 Å². The number of nitrogens with one attached hydrogen (secondary N) is 2. The van der Waals surface area contributed by atoms with E-state index < -0.39 is 0 Å². The number of halogens is 2. The SMILES string of the molecule is COCC(C)NC(=S)Nc1ccc(I)c(Br)c1. The van der Waals surface area contributed by atoms with Crippen LogP contribution in [0.5, 0.6) is 0 Å². The van der Waals surface area contributed by atoms with Crippen LogP contribution in [0.3, 0.4) is 0 Å². The lowest BCUT2D eigenvalue weighted by atomic mass is 10.3. The van der Waals surface area contributed by atoms with E-state index in [2.05, 4.69) is 49.2 Å². The Morgan fingerprint density at radius 2 is 2.29 bits per heavy atom. The molecule has 17 heavy (non-hydrogen) atoms. The van der Waals surface area contributed by atoms with Gasteiger partial charge in [-0.1, -0.05) is 0 Å². The summed E-state index contributed by atoms with van der Waals surface area (Å²) in [6, 6.07) is 6.19. The van der Waals surface area contributed by atoms with Gasteiger partial charge in [0.1, 0.15) is 0 Å². The Hall–Kier alpha value is 0.0800. The number of thiocarbonyl (C=S) groups is 1. The monoisotopic (exact) mass is 428 g/mol. The van der Waals surface area contributed by atoms with Crippen LogP contribution in [0.4, 0.5) is 5.69 Å². The van der Waals surface area contributed by atoms with Crippen LogP contribution in [0.1, 0.15) is 6.92 Å². The van der Waals surface area contributed by atoms with Crippen LogP contribution in [-0.2, 0) is 4.74 Å².